The number of anilines is 2. The maximum atomic E-state index is 12.2. The van der Waals surface area contributed by atoms with Crippen LogP contribution in [0.4, 0.5) is 34.1 Å². The third-order valence-electron chi connectivity index (χ3n) is 8.38. The monoisotopic (exact) mass is 708 g/mol. The van der Waals surface area contributed by atoms with E-state index in [0.717, 1.165) is 22.3 Å². The third-order valence-corrected chi connectivity index (χ3v) is 10.1. The van der Waals surface area contributed by atoms with Crippen molar-refractivity contribution in [2.45, 2.75) is 36.5 Å². The largest absolute Gasteiger partial charge is 0.396 e. The first-order valence-corrected chi connectivity index (χ1v) is 18.3. The second kappa shape index (κ2) is 13.4. The molecule has 0 bridgehead atoms. The van der Waals surface area contributed by atoms with Crippen LogP contribution in [0.3, 0.4) is 0 Å². The molecule has 0 heterocycles. The van der Waals surface area contributed by atoms with Gasteiger partial charge in [0.1, 0.15) is 21.2 Å². The van der Waals surface area contributed by atoms with Gasteiger partial charge in [0.2, 0.25) is 0 Å². The first kappa shape index (κ1) is 34.3. The van der Waals surface area contributed by atoms with Crippen LogP contribution in [0.1, 0.15) is 25.0 Å². The van der Waals surface area contributed by atoms with E-state index in [1.54, 1.807) is 60.7 Å². The summed E-state index contributed by atoms with van der Waals surface area (Å²) in [6.07, 6.45) is 1.16. The van der Waals surface area contributed by atoms with Gasteiger partial charge in [-0.2, -0.15) is 27.1 Å². The molecule has 0 saturated carbocycles. The number of hydrogen-bond acceptors (Lipinski definition) is 10. The van der Waals surface area contributed by atoms with E-state index in [0.29, 0.717) is 45.8 Å². The van der Waals surface area contributed by atoms with Crippen LogP contribution in [-0.4, -0.2) is 25.9 Å². The maximum Gasteiger partial charge on any atom is 0.296 e. The van der Waals surface area contributed by atoms with Gasteiger partial charge in [0.05, 0.1) is 22.7 Å². The molecule has 0 aliphatic rings. The van der Waals surface area contributed by atoms with Crippen molar-refractivity contribution in [3.63, 3.8) is 0 Å². The summed E-state index contributed by atoms with van der Waals surface area (Å²) in [6.45, 7) is 3.90. The van der Waals surface area contributed by atoms with Crippen molar-refractivity contribution in [2.75, 3.05) is 11.5 Å². The van der Waals surface area contributed by atoms with E-state index in [1.807, 2.05) is 38.1 Å². The summed E-state index contributed by atoms with van der Waals surface area (Å²) < 4.78 is 68.8. The Bertz CT molecular complexity index is 2420. The number of nitrogen functional groups attached to an aromatic ring is 2. The molecule has 0 atom stereocenters. The van der Waals surface area contributed by atoms with Gasteiger partial charge in [-0.15, -0.1) is 10.2 Å². The lowest BCUT2D eigenvalue weighted by molar-refractivity contribution is 0.481. The van der Waals surface area contributed by atoms with Crippen LogP contribution in [0.5, 0.6) is 0 Å². The van der Waals surface area contributed by atoms with Gasteiger partial charge in [-0.25, -0.2) is 0 Å². The normalized spacial score (nSPS) is 12.5. The fourth-order valence-corrected chi connectivity index (χ4v) is 7.12. The molecule has 0 fully saturated rings. The zero-order valence-corrected chi connectivity index (χ0v) is 28.6. The van der Waals surface area contributed by atoms with E-state index in [9.17, 15) is 25.9 Å². The minimum absolute atomic E-state index is 0.0796. The van der Waals surface area contributed by atoms with Crippen molar-refractivity contribution in [3.05, 3.63) is 108 Å². The summed E-state index contributed by atoms with van der Waals surface area (Å²) in [4.78, 5) is -0.872. The first-order valence-electron chi connectivity index (χ1n) is 15.5. The van der Waals surface area contributed by atoms with Crippen LogP contribution >= 0.6 is 0 Å². The Morgan fingerprint density at radius 1 is 0.540 bits per heavy atom. The van der Waals surface area contributed by atoms with Gasteiger partial charge in [-0.3, -0.25) is 9.11 Å². The average molecular weight is 709 g/mol. The van der Waals surface area contributed by atoms with E-state index >= 15 is 0 Å². The third kappa shape index (κ3) is 6.69. The van der Waals surface area contributed by atoms with Gasteiger partial charge in [-0.05, 0) is 82.3 Å². The van der Waals surface area contributed by atoms with Crippen LogP contribution in [0.15, 0.2) is 127 Å². The fourth-order valence-electron chi connectivity index (χ4n) is 5.77. The summed E-state index contributed by atoms with van der Waals surface area (Å²) in [5.41, 5.74) is 16.9. The molecule has 0 saturated heterocycles. The molecule has 0 aliphatic carbocycles. The number of azo groups is 2. The van der Waals surface area contributed by atoms with Crippen molar-refractivity contribution in [2.24, 2.45) is 20.5 Å². The highest BCUT2D eigenvalue weighted by Crippen LogP contribution is 2.41. The molecule has 0 radical (unpaired) electrons. The fraction of sp³-hybridized carbons (Fsp3) is 0.111. The second-order valence-electron chi connectivity index (χ2n) is 11.5. The number of nitrogens with two attached hydrogens (primary N) is 2. The number of rotatable bonds is 9. The molecule has 0 spiro atoms. The lowest BCUT2D eigenvalue weighted by Gasteiger charge is -2.12. The Balaban J connectivity index is 1.35. The summed E-state index contributed by atoms with van der Waals surface area (Å²) in [7, 11) is -9.31. The standard InChI is InChI=1S/C36H32N6O6S2/c1-3-21-17-23(13-15-29(21)39-41-35-31(49(43,44)45)19-25-9-5-7-11-27(25)33(35)37)24-14-16-30(22(4-2)18-24)40-42-36-32(50(46,47)48)20-26-10-6-8-12-28(26)34(36)38/h5-20H,3-4,37-38H2,1-2H3,(H,43,44,45)(H,46,47,48)/b41-39+,42-40+. The lowest BCUT2D eigenvalue weighted by Crippen LogP contribution is -2.01. The molecule has 14 heteroatoms. The zero-order chi connectivity index (χ0) is 35.8. The number of aryl methyl sites for hydroxylation is 2. The molecule has 0 unspecified atom stereocenters. The highest BCUT2D eigenvalue weighted by atomic mass is 32.2. The maximum absolute atomic E-state index is 12.2. The molecule has 0 amide bonds. The number of fused-ring (bicyclic) bond motifs is 2. The van der Waals surface area contributed by atoms with Gasteiger partial charge >= 0.3 is 0 Å². The minimum Gasteiger partial charge on any atom is -0.396 e. The topological polar surface area (TPSA) is 210 Å². The Labute approximate surface area is 288 Å². The van der Waals surface area contributed by atoms with Crippen LogP contribution in [0, 0.1) is 0 Å². The second-order valence-corrected chi connectivity index (χ2v) is 14.2. The van der Waals surface area contributed by atoms with Gasteiger partial charge in [0.15, 0.2) is 0 Å². The molecular formula is C36H32N6O6S2. The highest BCUT2D eigenvalue weighted by molar-refractivity contribution is 7.86. The van der Waals surface area contributed by atoms with Crippen LogP contribution in [-0.2, 0) is 33.1 Å². The van der Waals surface area contributed by atoms with E-state index in [-0.39, 0.29) is 22.7 Å². The quantitative estimate of drug-likeness (QED) is 0.0644. The number of benzene rings is 6. The van der Waals surface area contributed by atoms with Crippen LogP contribution < -0.4 is 11.5 Å². The van der Waals surface area contributed by atoms with Crippen molar-refractivity contribution < 1.29 is 25.9 Å². The van der Waals surface area contributed by atoms with Gasteiger partial charge in [0.25, 0.3) is 20.2 Å². The molecule has 0 aliphatic heterocycles. The van der Waals surface area contributed by atoms with E-state index in [2.05, 4.69) is 20.5 Å². The molecule has 6 N–H and O–H groups in total. The summed E-state index contributed by atoms with van der Waals surface area (Å²) in [5, 5.41) is 19.3. The molecule has 6 aromatic carbocycles. The lowest BCUT2D eigenvalue weighted by atomic mass is 9.98. The smallest absolute Gasteiger partial charge is 0.296 e. The Morgan fingerprint density at radius 3 is 1.28 bits per heavy atom. The van der Waals surface area contributed by atoms with Gasteiger partial charge in [0, 0.05) is 10.8 Å². The number of nitrogens with zero attached hydrogens (tertiary/aromatic N) is 4. The average Bonchev–Trinajstić information content (AvgIpc) is 3.09. The van der Waals surface area contributed by atoms with Crippen LogP contribution in [0.2, 0.25) is 0 Å². The molecule has 50 heavy (non-hydrogen) atoms. The Kier molecular flexibility index (Phi) is 9.20. The van der Waals surface area contributed by atoms with E-state index in [1.165, 1.54) is 12.1 Å². The molecule has 12 nitrogen and oxygen atoms in total. The van der Waals surface area contributed by atoms with Crippen molar-refractivity contribution >= 4 is 75.9 Å². The van der Waals surface area contributed by atoms with Gasteiger partial charge < -0.3 is 11.5 Å². The zero-order valence-electron chi connectivity index (χ0n) is 26.9. The Morgan fingerprint density at radius 2 is 0.920 bits per heavy atom. The molecule has 254 valence electrons. The highest BCUT2D eigenvalue weighted by Gasteiger charge is 2.22. The first-order chi connectivity index (χ1) is 23.8. The molecule has 6 aromatic rings. The number of hydrogen-bond donors (Lipinski definition) is 4. The Hall–Kier alpha value is -5.54. The molecular weight excluding hydrogens is 677 g/mol. The predicted molar refractivity (Wildman–Crippen MR) is 195 cm³/mol. The van der Waals surface area contributed by atoms with Crippen molar-refractivity contribution in [1.82, 2.24) is 0 Å². The minimum atomic E-state index is -4.65. The molecule has 6 rings (SSSR count). The summed E-state index contributed by atoms with van der Waals surface area (Å²) >= 11 is 0. The van der Waals surface area contributed by atoms with E-state index in [4.69, 9.17) is 11.5 Å². The van der Waals surface area contributed by atoms with Crippen LogP contribution in [0.25, 0.3) is 32.7 Å². The summed E-state index contributed by atoms with van der Waals surface area (Å²) in [6, 6.07) is 27.6. The molecule has 0 aromatic heterocycles. The van der Waals surface area contributed by atoms with E-state index < -0.39 is 30.0 Å². The van der Waals surface area contributed by atoms with Crippen molar-refractivity contribution in [1.29, 1.82) is 0 Å². The summed E-state index contributed by atoms with van der Waals surface area (Å²) in [5.74, 6) is 0. The predicted octanol–water partition coefficient (Wildman–Crippen LogP) is 9.27. The SMILES string of the molecule is CCc1cc(-c2ccc(/N=N/c3c(S(=O)(=O)O)cc4ccccc4c3N)c(CC)c2)ccc1/N=N/c1c(S(=O)(=O)O)cc2ccccc2c1N. The van der Waals surface area contributed by atoms with Gasteiger partial charge in [-0.1, -0.05) is 74.5 Å². The van der Waals surface area contributed by atoms with Crippen molar-refractivity contribution in [3.8, 4) is 11.1 Å².